The first-order chi connectivity index (χ1) is 8.22. The number of halogens is 3. The number of hydrogen-bond donors (Lipinski definition) is 2. The Balaban J connectivity index is 0.00000162. The predicted octanol–water partition coefficient (Wildman–Crippen LogP) is 2.46. The van der Waals surface area contributed by atoms with Gasteiger partial charge in [0.25, 0.3) is 0 Å². The first-order valence-electron chi connectivity index (χ1n) is 6.02. The summed E-state index contributed by atoms with van der Waals surface area (Å²) in [7, 11) is 0. The lowest BCUT2D eigenvalue weighted by Crippen LogP contribution is -2.45. The third-order valence-electron chi connectivity index (χ3n) is 3.28. The molecule has 1 atom stereocenters. The van der Waals surface area contributed by atoms with Crippen LogP contribution in [0.5, 0.6) is 5.75 Å². The molecule has 1 aliphatic heterocycles. The zero-order valence-corrected chi connectivity index (χ0v) is 12.6. The minimum absolute atomic E-state index is 0. The number of nitrogens with one attached hydrogen (secondary N) is 1. The minimum atomic E-state index is -0.462. The molecule has 2 N–H and O–H groups in total. The molecule has 1 saturated heterocycles. The standard InChI is InChI=1S/C13H19FN2O.2ClH/c1-10-2-3-11(13(17)8-10)12(9-14)16-6-4-15-5-7-16;;/h2-3,8,12,15,17H,4-7,9H2,1H3;2*1H/t12-;;/m1../s1. The van der Waals surface area contributed by atoms with Crippen molar-refractivity contribution in [3.63, 3.8) is 0 Å². The van der Waals surface area contributed by atoms with E-state index in [1.54, 1.807) is 6.07 Å². The Morgan fingerprint density at radius 2 is 1.95 bits per heavy atom. The van der Waals surface area contributed by atoms with E-state index in [2.05, 4.69) is 10.2 Å². The van der Waals surface area contributed by atoms with Crippen molar-refractivity contribution in [1.29, 1.82) is 0 Å². The van der Waals surface area contributed by atoms with Crippen molar-refractivity contribution in [3.8, 4) is 5.75 Å². The van der Waals surface area contributed by atoms with Gasteiger partial charge in [-0.25, -0.2) is 4.39 Å². The molecule has 1 aliphatic rings. The molecular weight excluding hydrogens is 290 g/mol. The van der Waals surface area contributed by atoms with Crippen molar-refractivity contribution in [2.45, 2.75) is 13.0 Å². The monoisotopic (exact) mass is 310 g/mol. The van der Waals surface area contributed by atoms with Gasteiger partial charge in [-0.3, -0.25) is 4.90 Å². The molecule has 3 nitrogen and oxygen atoms in total. The maximum Gasteiger partial charge on any atom is 0.120 e. The number of rotatable bonds is 3. The Kier molecular flexibility index (Phi) is 8.34. The summed E-state index contributed by atoms with van der Waals surface area (Å²) in [6.07, 6.45) is 0. The van der Waals surface area contributed by atoms with Crippen molar-refractivity contribution < 1.29 is 9.50 Å². The third-order valence-corrected chi connectivity index (χ3v) is 3.28. The molecule has 6 heteroatoms. The van der Waals surface area contributed by atoms with Crippen LogP contribution in [0.1, 0.15) is 17.2 Å². The highest BCUT2D eigenvalue weighted by Crippen LogP contribution is 2.30. The highest BCUT2D eigenvalue weighted by molar-refractivity contribution is 5.85. The number of benzene rings is 1. The van der Waals surface area contributed by atoms with Gasteiger partial charge in [-0.05, 0) is 18.6 Å². The lowest BCUT2D eigenvalue weighted by Gasteiger charge is -2.33. The highest BCUT2D eigenvalue weighted by Gasteiger charge is 2.24. The molecule has 0 radical (unpaired) electrons. The second kappa shape index (κ2) is 8.59. The van der Waals surface area contributed by atoms with Crippen LogP contribution in [0.4, 0.5) is 4.39 Å². The SMILES string of the molecule is Cc1ccc([C@@H](CF)N2CCNCC2)c(O)c1.Cl.Cl. The van der Waals surface area contributed by atoms with Crippen molar-refractivity contribution >= 4 is 24.8 Å². The number of piperazine rings is 1. The molecule has 0 saturated carbocycles. The van der Waals surface area contributed by atoms with Crippen LogP contribution in [-0.4, -0.2) is 42.9 Å². The van der Waals surface area contributed by atoms with E-state index in [-0.39, 0.29) is 36.6 Å². The molecule has 1 heterocycles. The number of phenolic OH excluding ortho intramolecular Hbond substituents is 1. The maximum atomic E-state index is 13.2. The van der Waals surface area contributed by atoms with Crippen molar-refractivity contribution in [1.82, 2.24) is 10.2 Å². The van der Waals surface area contributed by atoms with Crippen LogP contribution in [0.3, 0.4) is 0 Å². The molecule has 110 valence electrons. The fraction of sp³-hybridized carbons (Fsp3) is 0.538. The maximum absolute atomic E-state index is 13.2. The smallest absolute Gasteiger partial charge is 0.120 e. The summed E-state index contributed by atoms with van der Waals surface area (Å²) < 4.78 is 13.2. The van der Waals surface area contributed by atoms with Gasteiger partial charge in [-0.1, -0.05) is 12.1 Å². The second-order valence-corrected chi connectivity index (χ2v) is 4.52. The predicted molar refractivity (Wildman–Crippen MR) is 80.5 cm³/mol. The number of phenols is 1. The first kappa shape index (κ1) is 18.4. The van der Waals surface area contributed by atoms with Gasteiger partial charge >= 0.3 is 0 Å². The molecule has 0 bridgehead atoms. The average molecular weight is 311 g/mol. The van der Waals surface area contributed by atoms with Crippen LogP contribution in [0.25, 0.3) is 0 Å². The van der Waals surface area contributed by atoms with E-state index >= 15 is 0 Å². The van der Waals surface area contributed by atoms with Gasteiger partial charge in [-0.2, -0.15) is 0 Å². The molecular formula is C13H21Cl2FN2O. The zero-order valence-electron chi connectivity index (χ0n) is 10.9. The van der Waals surface area contributed by atoms with E-state index in [4.69, 9.17) is 0 Å². The molecule has 2 rings (SSSR count). The van der Waals surface area contributed by atoms with E-state index in [1.165, 1.54) is 0 Å². The van der Waals surface area contributed by atoms with Crippen LogP contribution in [0.15, 0.2) is 18.2 Å². The summed E-state index contributed by atoms with van der Waals surface area (Å²) in [5, 5.41) is 13.2. The van der Waals surface area contributed by atoms with Gasteiger partial charge < -0.3 is 10.4 Å². The second-order valence-electron chi connectivity index (χ2n) is 4.52. The molecule has 1 fully saturated rings. The summed E-state index contributed by atoms with van der Waals surface area (Å²) in [5.74, 6) is 0.200. The van der Waals surface area contributed by atoms with Gasteiger partial charge in [-0.15, -0.1) is 24.8 Å². The van der Waals surface area contributed by atoms with Crippen LogP contribution in [0, 0.1) is 6.92 Å². The van der Waals surface area contributed by atoms with E-state index in [0.29, 0.717) is 5.56 Å². The van der Waals surface area contributed by atoms with Crippen LogP contribution in [0.2, 0.25) is 0 Å². The van der Waals surface area contributed by atoms with Gasteiger partial charge in [0.05, 0.1) is 6.04 Å². The Morgan fingerprint density at radius 3 is 2.47 bits per heavy atom. The number of aryl methyl sites for hydroxylation is 1. The summed E-state index contributed by atoms with van der Waals surface area (Å²) in [6, 6.07) is 5.12. The lowest BCUT2D eigenvalue weighted by atomic mass is 10.0. The average Bonchev–Trinajstić information content (AvgIpc) is 2.34. The van der Waals surface area contributed by atoms with Crippen LogP contribution < -0.4 is 5.32 Å². The Hall–Kier alpha value is -0.550. The van der Waals surface area contributed by atoms with Gasteiger partial charge in [0.1, 0.15) is 12.4 Å². The fourth-order valence-electron chi connectivity index (χ4n) is 2.31. The minimum Gasteiger partial charge on any atom is -0.508 e. The number of aromatic hydroxyl groups is 1. The summed E-state index contributed by atoms with van der Waals surface area (Å²) in [6.45, 7) is 4.85. The fourth-order valence-corrected chi connectivity index (χ4v) is 2.31. The summed E-state index contributed by atoms with van der Waals surface area (Å²) >= 11 is 0. The van der Waals surface area contributed by atoms with E-state index in [1.807, 2.05) is 19.1 Å². The molecule has 1 aromatic carbocycles. The van der Waals surface area contributed by atoms with E-state index in [0.717, 1.165) is 31.7 Å². The van der Waals surface area contributed by atoms with Crippen LogP contribution in [-0.2, 0) is 0 Å². The summed E-state index contributed by atoms with van der Waals surface area (Å²) in [4.78, 5) is 2.08. The molecule has 19 heavy (non-hydrogen) atoms. The number of alkyl halides is 1. The largest absolute Gasteiger partial charge is 0.508 e. The topological polar surface area (TPSA) is 35.5 Å². The van der Waals surface area contributed by atoms with Crippen molar-refractivity contribution in [2.24, 2.45) is 0 Å². The quantitative estimate of drug-likeness (QED) is 0.900. The Labute approximate surface area is 126 Å². The number of nitrogens with zero attached hydrogens (tertiary/aromatic N) is 1. The lowest BCUT2D eigenvalue weighted by molar-refractivity contribution is 0.145. The number of hydrogen-bond acceptors (Lipinski definition) is 3. The van der Waals surface area contributed by atoms with E-state index in [9.17, 15) is 9.50 Å². The molecule has 0 unspecified atom stereocenters. The molecule has 0 aliphatic carbocycles. The van der Waals surface area contributed by atoms with Gasteiger partial charge in [0.2, 0.25) is 0 Å². The van der Waals surface area contributed by atoms with Gasteiger partial charge in [0, 0.05) is 31.7 Å². The van der Waals surface area contributed by atoms with Crippen molar-refractivity contribution in [3.05, 3.63) is 29.3 Å². The van der Waals surface area contributed by atoms with Gasteiger partial charge in [0.15, 0.2) is 0 Å². The zero-order chi connectivity index (χ0) is 12.3. The molecule has 0 amide bonds. The normalized spacial score (nSPS) is 17.2. The highest BCUT2D eigenvalue weighted by atomic mass is 35.5. The summed E-state index contributed by atoms with van der Waals surface area (Å²) in [5.41, 5.74) is 1.68. The molecule has 1 aromatic rings. The van der Waals surface area contributed by atoms with Crippen LogP contribution >= 0.6 is 24.8 Å². The first-order valence-corrected chi connectivity index (χ1v) is 6.02. The van der Waals surface area contributed by atoms with E-state index < -0.39 is 6.67 Å². The molecule has 0 aromatic heterocycles. The Bertz CT molecular complexity index is 387. The van der Waals surface area contributed by atoms with Crippen molar-refractivity contribution in [2.75, 3.05) is 32.9 Å². The Morgan fingerprint density at radius 1 is 1.32 bits per heavy atom. The third kappa shape index (κ3) is 4.49. The molecule has 0 spiro atoms.